The van der Waals surface area contributed by atoms with Crippen molar-refractivity contribution in [3.8, 4) is 22.3 Å². The van der Waals surface area contributed by atoms with Crippen LogP contribution in [-0.4, -0.2) is 122 Å². The van der Waals surface area contributed by atoms with Gasteiger partial charge in [-0.05, 0) is 107 Å². The predicted octanol–water partition coefficient (Wildman–Crippen LogP) is 6.17. The maximum atomic E-state index is 15.6. The minimum absolute atomic E-state index is 0.0363. The van der Waals surface area contributed by atoms with Crippen LogP contribution in [0.2, 0.25) is 10.0 Å². The number of nitrogens with zero attached hydrogens (tertiary/aromatic N) is 4. The Morgan fingerprint density at radius 3 is 1.53 bits per heavy atom. The fourth-order valence-corrected chi connectivity index (χ4v) is 11.5. The number of aromatic nitrogens is 4. The molecule has 6 aliphatic rings. The smallest absolute Gasteiger partial charge is 0.172 e. The Balaban J connectivity index is 0.880. The van der Waals surface area contributed by atoms with E-state index in [4.69, 9.17) is 32.7 Å². The van der Waals surface area contributed by atoms with Crippen LogP contribution in [0.3, 0.4) is 0 Å². The molecule has 12 rings (SSSR count). The van der Waals surface area contributed by atoms with Gasteiger partial charge in [-0.15, -0.1) is 0 Å². The molecule has 8 heterocycles. The molecule has 332 valence electrons. The second-order valence-corrected chi connectivity index (χ2v) is 19.8. The third kappa shape index (κ3) is 7.29. The first-order valence-corrected chi connectivity index (χ1v) is 23.5. The van der Waals surface area contributed by atoms with Crippen LogP contribution in [-0.2, 0) is 40.2 Å². The molecular weight excluding hydrogens is 851 g/mol. The minimum Gasteiger partial charge on any atom is -0.388 e. The number of carbonyl (C=O) groups is 1. The average Bonchev–Trinajstić information content (AvgIpc) is 4.18. The van der Waals surface area contributed by atoms with E-state index in [1.165, 1.54) is 11.1 Å². The first-order valence-electron chi connectivity index (χ1n) is 22.8. The molecule has 2 unspecified atom stereocenters. The molecule has 4 aromatic heterocycles. The fourth-order valence-electron chi connectivity index (χ4n) is 11.1. The number of benzene rings is 2. The summed E-state index contributed by atoms with van der Waals surface area (Å²) in [5, 5.41) is 34.8. The van der Waals surface area contributed by atoms with Gasteiger partial charge in [-0.25, -0.2) is 9.97 Å². The zero-order valence-electron chi connectivity index (χ0n) is 35.6. The zero-order valence-corrected chi connectivity index (χ0v) is 37.1. The number of nitrogens with one attached hydrogen (secondary N) is 4. The van der Waals surface area contributed by atoms with E-state index in [1.807, 2.05) is 12.4 Å². The van der Waals surface area contributed by atoms with E-state index < -0.39 is 23.3 Å². The number of pyridine rings is 2. The average molecular weight is 904 g/mol. The Morgan fingerprint density at radius 2 is 1.12 bits per heavy atom. The zero-order chi connectivity index (χ0) is 43.3. The van der Waals surface area contributed by atoms with Crippen LogP contribution in [0.25, 0.3) is 44.3 Å². The van der Waals surface area contributed by atoms with Crippen molar-refractivity contribution < 1.29 is 24.5 Å². The Morgan fingerprint density at radius 1 is 0.672 bits per heavy atom. The number of morpholine rings is 2. The van der Waals surface area contributed by atoms with E-state index in [0.29, 0.717) is 101 Å². The number of halogens is 2. The molecule has 4 atom stereocenters. The molecule has 2 aliphatic carbocycles. The van der Waals surface area contributed by atoms with Crippen LogP contribution in [0.4, 0.5) is 0 Å². The highest BCUT2D eigenvalue weighted by atomic mass is 35.5. The van der Waals surface area contributed by atoms with Crippen LogP contribution in [0.5, 0.6) is 0 Å². The molecule has 15 heteroatoms. The van der Waals surface area contributed by atoms with Gasteiger partial charge in [-0.2, -0.15) is 0 Å². The van der Waals surface area contributed by atoms with Gasteiger partial charge in [0.25, 0.3) is 0 Å². The summed E-state index contributed by atoms with van der Waals surface area (Å²) in [5.41, 5.74) is 10.3. The van der Waals surface area contributed by atoms with Gasteiger partial charge in [-0.3, -0.25) is 14.6 Å². The van der Waals surface area contributed by atoms with Gasteiger partial charge in [-0.1, -0.05) is 35.3 Å². The largest absolute Gasteiger partial charge is 0.388 e. The SMILES string of the molecule is O=C([C@H](N1CCc2cc(-c3cnc4[nH]cc(Cl)c4c3)cc(C3COCCN3)c2C1)C1(O)CC1)[C@H](N1CCc2cc(-c3cnc4[nH]cc(Cl)c4c3)cc(C3COCCN3)c2C1)C1(O)CC1. The van der Waals surface area contributed by atoms with Crippen LogP contribution in [0.15, 0.2) is 61.2 Å². The van der Waals surface area contributed by atoms with E-state index in [-0.39, 0.29) is 17.9 Å². The van der Waals surface area contributed by atoms with Crippen LogP contribution >= 0.6 is 23.2 Å². The Bertz CT molecular complexity index is 2620. The number of carbonyl (C=O) groups excluding carboxylic acids is 1. The summed E-state index contributed by atoms with van der Waals surface area (Å²) >= 11 is 13.1. The first-order chi connectivity index (χ1) is 31.1. The highest BCUT2D eigenvalue weighted by Crippen LogP contribution is 2.49. The molecule has 13 nitrogen and oxygen atoms in total. The number of ketones is 1. The number of ether oxygens (including phenoxy) is 2. The Kier molecular flexibility index (Phi) is 10.3. The summed E-state index contributed by atoms with van der Waals surface area (Å²) in [6.45, 7) is 6.07. The van der Waals surface area contributed by atoms with Crippen molar-refractivity contribution in [2.24, 2.45) is 0 Å². The summed E-state index contributed by atoms with van der Waals surface area (Å²) in [6, 6.07) is 11.6. The summed E-state index contributed by atoms with van der Waals surface area (Å²) < 4.78 is 12.0. The number of rotatable bonds is 10. The molecule has 4 fully saturated rings. The van der Waals surface area contributed by atoms with Gasteiger partial charge >= 0.3 is 0 Å². The summed E-state index contributed by atoms with van der Waals surface area (Å²) in [5.74, 6) is -0.0768. The normalized spacial score (nSPS) is 24.0. The quantitative estimate of drug-likeness (QED) is 0.0932. The molecule has 0 radical (unpaired) electrons. The van der Waals surface area contributed by atoms with Crippen molar-refractivity contribution in [1.29, 1.82) is 0 Å². The third-order valence-electron chi connectivity index (χ3n) is 14.8. The molecule has 4 aliphatic heterocycles. The molecular formula is C49H52Cl2N8O5. The predicted molar refractivity (Wildman–Crippen MR) is 245 cm³/mol. The lowest BCUT2D eigenvalue weighted by molar-refractivity contribution is -0.142. The van der Waals surface area contributed by atoms with Crippen molar-refractivity contribution in [3.05, 3.63) is 105 Å². The second-order valence-electron chi connectivity index (χ2n) is 18.9. The van der Waals surface area contributed by atoms with Crippen LogP contribution < -0.4 is 10.6 Å². The highest BCUT2D eigenvalue weighted by Gasteiger charge is 2.61. The van der Waals surface area contributed by atoms with Crippen LogP contribution in [0, 0.1) is 0 Å². The monoisotopic (exact) mass is 902 g/mol. The van der Waals surface area contributed by atoms with Crippen molar-refractivity contribution in [3.63, 3.8) is 0 Å². The fraction of sp³-hybridized carbons (Fsp3) is 0.449. The first kappa shape index (κ1) is 41.2. The number of Topliss-reactive ketones (excluding diaryl/α,β-unsaturated/α-hetero) is 1. The molecule has 64 heavy (non-hydrogen) atoms. The van der Waals surface area contributed by atoms with Crippen LogP contribution in [0.1, 0.15) is 71.1 Å². The summed E-state index contributed by atoms with van der Waals surface area (Å²) in [7, 11) is 0. The Hall–Kier alpha value is -4.25. The molecule has 0 amide bonds. The van der Waals surface area contributed by atoms with Crippen molar-refractivity contribution in [2.75, 3.05) is 52.6 Å². The lowest BCUT2D eigenvalue weighted by atomic mass is 9.83. The van der Waals surface area contributed by atoms with Crippen molar-refractivity contribution >= 4 is 51.1 Å². The van der Waals surface area contributed by atoms with Crippen molar-refractivity contribution in [1.82, 2.24) is 40.4 Å². The summed E-state index contributed by atoms with van der Waals surface area (Å²) in [4.78, 5) is 35.7. The molecule has 2 aromatic carbocycles. The molecule has 0 spiro atoms. The third-order valence-corrected chi connectivity index (χ3v) is 15.5. The number of fused-ring (bicyclic) bond motifs is 4. The molecule has 6 aromatic rings. The maximum Gasteiger partial charge on any atom is 0.172 e. The molecule has 2 saturated heterocycles. The lowest BCUT2D eigenvalue weighted by Crippen LogP contribution is -2.62. The number of hydrogen-bond donors (Lipinski definition) is 6. The molecule has 2 saturated carbocycles. The van der Waals surface area contributed by atoms with Gasteiger partial charge in [0.2, 0.25) is 0 Å². The topological polar surface area (TPSA) is 164 Å². The standard InChI is InChI=1S/C49H52Cl2N8O5/c50-39-21-56-46-35(39)17-31(19-54-46)29-13-27-1-9-58(23-37(27)33(15-29)41-25-63-11-7-52-41)44(48(61)3-4-48)43(60)45(49(62)5-6-49)59-10-2-28-14-30(32-18-36-40(51)22-57-47(36)55-20-32)16-34(38(28)24-59)42-26-64-12-8-53-42/h13-22,41-42,44-45,52-53,61-62H,1-12,23-26H2,(H,54,56)(H,55,57)/t41?,42?,44-,45-/m0/s1. The van der Waals surface area contributed by atoms with E-state index in [0.717, 1.165) is 79.7 Å². The van der Waals surface area contributed by atoms with Gasteiger partial charge in [0.1, 0.15) is 11.3 Å². The second kappa shape index (κ2) is 16.0. The minimum atomic E-state index is -1.16. The molecule has 6 N–H and O–H groups in total. The highest BCUT2D eigenvalue weighted by molar-refractivity contribution is 6.35. The van der Waals surface area contributed by atoms with E-state index in [1.54, 1.807) is 12.4 Å². The molecule has 0 bridgehead atoms. The number of hydrogen-bond acceptors (Lipinski definition) is 11. The summed E-state index contributed by atoms with van der Waals surface area (Å²) in [6.07, 6.45) is 10.9. The van der Waals surface area contributed by atoms with E-state index >= 15 is 4.79 Å². The van der Waals surface area contributed by atoms with Gasteiger partial charge < -0.3 is 40.3 Å². The maximum absolute atomic E-state index is 15.6. The number of aliphatic hydroxyl groups is 2. The van der Waals surface area contributed by atoms with E-state index in [2.05, 4.69) is 76.8 Å². The van der Waals surface area contributed by atoms with Gasteiger partial charge in [0, 0.05) is 86.0 Å². The number of aromatic amines is 2. The number of H-pyrrole nitrogens is 2. The van der Waals surface area contributed by atoms with E-state index in [9.17, 15) is 10.2 Å². The van der Waals surface area contributed by atoms with Gasteiger partial charge in [0.15, 0.2) is 5.78 Å². The Labute approximate surface area is 380 Å². The van der Waals surface area contributed by atoms with Gasteiger partial charge in [0.05, 0.1) is 71.8 Å². The lowest BCUT2D eigenvalue weighted by Gasteiger charge is -2.44. The van der Waals surface area contributed by atoms with Crippen molar-refractivity contribution in [2.45, 2.75) is 87.0 Å².